The van der Waals surface area contributed by atoms with E-state index in [1.54, 1.807) is 6.08 Å². The summed E-state index contributed by atoms with van der Waals surface area (Å²) in [5.74, 6) is -0.203. The van der Waals surface area contributed by atoms with Crippen LogP contribution in [0.3, 0.4) is 0 Å². The number of aliphatic hydroxyl groups excluding tert-OH is 1. The van der Waals surface area contributed by atoms with Crippen molar-refractivity contribution in [1.82, 2.24) is 5.32 Å². The molecule has 0 heterocycles. The number of likely N-dealkylation sites (N-methyl/N-ethyl adjacent to an activating group) is 1. The Morgan fingerprint density at radius 3 is 1.69 bits per heavy atom. The summed E-state index contributed by atoms with van der Waals surface area (Å²) >= 11 is 0. The van der Waals surface area contributed by atoms with Gasteiger partial charge in [0.25, 0.3) is 0 Å². The number of carbonyl (C=O) groups excluding carboxylic acids is 1. The van der Waals surface area contributed by atoms with Gasteiger partial charge in [0.05, 0.1) is 39.9 Å². The highest BCUT2D eigenvalue weighted by molar-refractivity contribution is 7.47. The number of phosphoric acid groups is 1. The topological polar surface area (TPSA) is 105 Å². The lowest BCUT2D eigenvalue weighted by Crippen LogP contribution is -2.45. The monoisotopic (exact) mass is 750 g/mol. The number of phosphoric ester groups is 1. The maximum absolute atomic E-state index is 12.8. The van der Waals surface area contributed by atoms with Crippen LogP contribution >= 0.6 is 7.82 Å². The third kappa shape index (κ3) is 36.3. The van der Waals surface area contributed by atoms with Crippen molar-refractivity contribution in [3.63, 3.8) is 0 Å². The molecule has 0 rings (SSSR count). The molecule has 0 aromatic carbocycles. The fourth-order valence-electron chi connectivity index (χ4n) is 5.18. The number of hydrogen-bond acceptors (Lipinski definition) is 5. The fraction of sp³-hybridized carbons (Fsp3) is 0.698. The van der Waals surface area contributed by atoms with Crippen molar-refractivity contribution < 1.29 is 32.9 Å². The van der Waals surface area contributed by atoms with E-state index in [1.165, 1.54) is 32.1 Å². The van der Waals surface area contributed by atoms with Crippen LogP contribution in [0.5, 0.6) is 0 Å². The first-order valence-electron chi connectivity index (χ1n) is 20.3. The van der Waals surface area contributed by atoms with Gasteiger partial charge in [-0.1, -0.05) is 145 Å². The Morgan fingerprint density at radius 1 is 0.673 bits per heavy atom. The molecule has 0 radical (unpaired) electrons. The minimum absolute atomic E-state index is 0.0531. The summed E-state index contributed by atoms with van der Waals surface area (Å²) in [6.45, 7) is 4.62. The standard InChI is InChI=1S/C43H77N2O6P/c1-6-8-10-12-14-16-17-18-19-20-21-22-23-24-25-26-27-29-31-33-35-37-43(47)44-41(40-51-52(48,49)50-39-38-45(3,4)5)42(46)36-34-32-30-28-15-13-11-9-7-2/h8,10,14,16,18-19,21-22,24-25,34,36,41-42,46H,6-7,9,11-13,15,17,20,23,26-33,35,37-40H2,1-5H3,(H-,44,47,48,49)/p+1/b10-8-,16-14-,19-18-,22-21-,25-24-,36-34+. The number of hydrogen-bond donors (Lipinski definition) is 3. The highest BCUT2D eigenvalue weighted by atomic mass is 31.2. The molecular formula is C43H78N2O6P+. The highest BCUT2D eigenvalue weighted by Crippen LogP contribution is 2.43. The predicted octanol–water partition coefficient (Wildman–Crippen LogP) is 10.9. The summed E-state index contributed by atoms with van der Waals surface area (Å²) in [6, 6.07) is -0.858. The first-order valence-corrected chi connectivity index (χ1v) is 21.8. The second kappa shape index (κ2) is 34.7. The van der Waals surface area contributed by atoms with Crippen LogP contribution in [0.2, 0.25) is 0 Å². The number of aliphatic hydroxyl groups is 1. The van der Waals surface area contributed by atoms with Gasteiger partial charge in [-0.3, -0.25) is 13.8 Å². The summed E-state index contributed by atoms with van der Waals surface area (Å²) in [7, 11) is 1.54. The number of quaternary nitrogens is 1. The van der Waals surface area contributed by atoms with Gasteiger partial charge in [0.2, 0.25) is 5.91 Å². The van der Waals surface area contributed by atoms with Crippen molar-refractivity contribution in [2.45, 2.75) is 154 Å². The lowest BCUT2D eigenvalue weighted by atomic mass is 10.1. The average molecular weight is 750 g/mol. The largest absolute Gasteiger partial charge is 0.472 e. The minimum Gasteiger partial charge on any atom is -0.387 e. The second-order valence-corrected chi connectivity index (χ2v) is 16.1. The summed E-state index contributed by atoms with van der Waals surface area (Å²) in [5.41, 5.74) is 0. The molecule has 1 amide bonds. The van der Waals surface area contributed by atoms with Gasteiger partial charge in [-0.15, -0.1) is 0 Å². The van der Waals surface area contributed by atoms with Gasteiger partial charge in [-0.25, -0.2) is 4.57 Å². The summed E-state index contributed by atoms with van der Waals surface area (Å²) in [6.07, 6.45) is 45.4. The van der Waals surface area contributed by atoms with E-state index >= 15 is 0 Å². The molecule has 3 N–H and O–H groups in total. The van der Waals surface area contributed by atoms with Gasteiger partial charge in [-0.05, 0) is 64.2 Å². The number of carbonyl (C=O) groups is 1. The number of nitrogens with one attached hydrogen (secondary N) is 1. The van der Waals surface area contributed by atoms with E-state index in [1.807, 2.05) is 27.2 Å². The molecule has 0 fully saturated rings. The van der Waals surface area contributed by atoms with E-state index < -0.39 is 20.0 Å². The van der Waals surface area contributed by atoms with Crippen molar-refractivity contribution >= 4 is 13.7 Å². The Labute approximate surface area is 319 Å². The summed E-state index contributed by atoms with van der Waals surface area (Å²) in [4.78, 5) is 23.0. The van der Waals surface area contributed by atoms with Crippen molar-refractivity contribution in [3.05, 3.63) is 72.9 Å². The van der Waals surface area contributed by atoms with Gasteiger partial charge in [0.15, 0.2) is 0 Å². The summed E-state index contributed by atoms with van der Waals surface area (Å²) in [5, 5.41) is 13.7. The van der Waals surface area contributed by atoms with Crippen LogP contribution in [0.25, 0.3) is 0 Å². The minimum atomic E-state index is -4.34. The maximum atomic E-state index is 12.8. The van der Waals surface area contributed by atoms with Crippen molar-refractivity contribution in [2.24, 2.45) is 0 Å². The van der Waals surface area contributed by atoms with Crippen molar-refractivity contribution in [2.75, 3.05) is 40.9 Å². The molecule has 52 heavy (non-hydrogen) atoms. The van der Waals surface area contributed by atoms with E-state index in [0.717, 1.165) is 89.9 Å². The molecule has 0 aliphatic carbocycles. The number of rotatable bonds is 35. The zero-order chi connectivity index (χ0) is 38.6. The predicted molar refractivity (Wildman–Crippen MR) is 221 cm³/mol. The first kappa shape index (κ1) is 49.9. The van der Waals surface area contributed by atoms with E-state index in [2.05, 4.69) is 79.9 Å². The SMILES string of the molecule is CC/C=C\C/C=C\C/C=C\C/C=C\C/C=C\CCCCCCCC(=O)NC(COP(=O)(O)OCC[N+](C)(C)C)C(O)/C=C/CCCCCCCCC. The molecule has 8 nitrogen and oxygen atoms in total. The lowest BCUT2D eigenvalue weighted by Gasteiger charge is -2.25. The molecule has 9 heteroatoms. The van der Waals surface area contributed by atoms with E-state index in [4.69, 9.17) is 9.05 Å². The number of allylic oxidation sites excluding steroid dienone is 11. The average Bonchev–Trinajstić information content (AvgIpc) is 3.09. The van der Waals surface area contributed by atoms with E-state index in [0.29, 0.717) is 17.4 Å². The van der Waals surface area contributed by atoms with E-state index in [9.17, 15) is 19.4 Å². The number of amides is 1. The normalized spacial score (nSPS) is 15.3. The third-order valence-corrected chi connectivity index (χ3v) is 9.42. The highest BCUT2D eigenvalue weighted by Gasteiger charge is 2.27. The Morgan fingerprint density at radius 2 is 1.15 bits per heavy atom. The van der Waals surface area contributed by atoms with Gasteiger partial charge >= 0.3 is 7.82 Å². The first-order chi connectivity index (χ1) is 25.0. The van der Waals surface area contributed by atoms with Crippen LogP contribution in [0.1, 0.15) is 142 Å². The van der Waals surface area contributed by atoms with Gasteiger partial charge in [0.1, 0.15) is 13.2 Å². The van der Waals surface area contributed by atoms with Crippen molar-refractivity contribution in [1.29, 1.82) is 0 Å². The molecule has 0 aromatic rings. The Bertz CT molecular complexity index is 1080. The van der Waals surface area contributed by atoms with Crippen LogP contribution in [-0.2, 0) is 18.4 Å². The second-order valence-electron chi connectivity index (χ2n) is 14.6. The van der Waals surface area contributed by atoms with Crippen LogP contribution < -0.4 is 5.32 Å². The van der Waals surface area contributed by atoms with E-state index in [-0.39, 0.29) is 19.1 Å². The Kier molecular flexibility index (Phi) is 33.3. The van der Waals surface area contributed by atoms with Crippen LogP contribution in [0.15, 0.2) is 72.9 Å². The molecule has 0 aliphatic rings. The quantitative estimate of drug-likeness (QED) is 0.0258. The third-order valence-electron chi connectivity index (χ3n) is 8.43. The van der Waals surface area contributed by atoms with Gasteiger partial charge in [-0.2, -0.15) is 0 Å². The zero-order valence-corrected chi connectivity index (χ0v) is 34.7. The van der Waals surface area contributed by atoms with Gasteiger partial charge < -0.3 is 19.8 Å². The molecule has 0 aliphatic heterocycles. The smallest absolute Gasteiger partial charge is 0.387 e. The molecule has 0 saturated heterocycles. The maximum Gasteiger partial charge on any atom is 0.472 e. The molecule has 0 saturated carbocycles. The molecule has 300 valence electrons. The zero-order valence-electron chi connectivity index (χ0n) is 33.8. The van der Waals surface area contributed by atoms with Crippen LogP contribution in [0.4, 0.5) is 0 Å². The van der Waals surface area contributed by atoms with Gasteiger partial charge in [0, 0.05) is 6.42 Å². The molecule has 0 bridgehead atoms. The fourth-order valence-corrected chi connectivity index (χ4v) is 5.92. The van der Waals surface area contributed by atoms with Crippen molar-refractivity contribution in [3.8, 4) is 0 Å². The Hall–Kier alpha value is -2.06. The molecule has 3 unspecified atom stereocenters. The molecule has 0 spiro atoms. The molecule has 0 aromatic heterocycles. The van der Waals surface area contributed by atoms with Crippen LogP contribution in [-0.4, -0.2) is 73.4 Å². The molecular weight excluding hydrogens is 671 g/mol. The number of unbranched alkanes of at least 4 members (excludes halogenated alkanes) is 12. The van der Waals surface area contributed by atoms with Crippen LogP contribution in [0, 0.1) is 0 Å². The Balaban J connectivity index is 4.43. The summed E-state index contributed by atoms with van der Waals surface area (Å²) < 4.78 is 23.4. The lowest BCUT2D eigenvalue weighted by molar-refractivity contribution is -0.870. The molecule has 3 atom stereocenters. The number of nitrogens with zero attached hydrogens (tertiary/aromatic N) is 1.